The number of hydrogen-bond donors (Lipinski definition) is 2. The van der Waals surface area contributed by atoms with E-state index in [0.717, 1.165) is 0 Å². The number of nitrogens with two attached hydrogens (primary N) is 1. The highest BCUT2D eigenvalue weighted by Crippen LogP contribution is 2.21. The van der Waals surface area contributed by atoms with E-state index in [-0.39, 0.29) is 4.99 Å². The van der Waals surface area contributed by atoms with Gasteiger partial charge in [-0.25, -0.2) is 13.1 Å². The largest absolute Gasteiger partial charge is 0.392 e. The molecule has 0 spiro atoms. The Hall–Kier alpha value is -0.410. The van der Waals surface area contributed by atoms with E-state index in [4.69, 9.17) is 5.73 Å². The summed E-state index contributed by atoms with van der Waals surface area (Å²) < 4.78 is 60.5. The second-order valence-corrected chi connectivity index (χ2v) is 5.86. The molecule has 0 bridgehead atoms. The lowest BCUT2D eigenvalue weighted by atomic mass is 10.2. The summed E-state index contributed by atoms with van der Waals surface area (Å²) >= 11 is 4.63. The van der Waals surface area contributed by atoms with Crippen molar-refractivity contribution in [2.45, 2.75) is 38.4 Å². The number of thiocarbonyl (C=S) groups is 1. The maximum atomic E-state index is 11.8. The molecular weight excluding hydrogens is 277 g/mol. The van der Waals surface area contributed by atoms with Gasteiger partial charge in [0.2, 0.25) is 10.0 Å². The molecule has 4 nitrogen and oxygen atoms in total. The molecule has 9 heteroatoms. The second-order valence-electron chi connectivity index (χ2n) is 3.52. The van der Waals surface area contributed by atoms with Gasteiger partial charge < -0.3 is 5.73 Å². The molecule has 0 aliphatic heterocycles. The fourth-order valence-corrected chi connectivity index (χ4v) is 2.75. The molecule has 1 atom stereocenters. The van der Waals surface area contributed by atoms with Crippen molar-refractivity contribution in [2.24, 2.45) is 5.73 Å². The number of rotatable bonds is 7. The Kier molecular flexibility index (Phi) is 6.35. The first-order valence-corrected chi connectivity index (χ1v) is 6.99. The molecule has 0 rings (SSSR count). The summed E-state index contributed by atoms with van der Waals surface area (Å²) in [7, 11) is -3.78. The van der Waals surface area contributed by atoms with E-state index in [0.29, 0.717) is 6.42 Å². The molecule has 102 valence electrons. The quantitative estimate of drug-likeness (QED) is 0.694. The summed E-state index contributed by atoms with van der Waals surface area (Å²) in [5.41, 5.74) is 5.28. The molecule has 0 saturated heterocycles. The highest BCUT2D eigenvalue weighted by Gasteiger charge is 2.28. The molecule has 1 unspecified atom stereocenters. The number of halogens is 3. The highest BCUT2D eigenvalue weighted by molar-refractivity contribution is 7.89. The third kappa shape index (κ3) is 8.33. The lowest BCUT2D eigenvalue weighted by Crippen LogP contribution is -2.43. The van der Waals surface area contributed by atoms with Crippen LogP contribution in [0.5, 0.6) is 0 Å². The Bertz CT molecular complexity index is 354. The van der Waals surface area contributed by atoms with Crippen molar-refractivity contribution in [1.82, 2.24) is 4.72 Å². The van der Waals surface area contributed by atoms with Crippen molar-refractivity contribution in [3.05, 3.63) is 0 Å². The molecule has 0 aliphatic carbocycles. The molecule has 0 aromatic carbocycles. The summed E-state index contributed by atoms with van der Waals surface area (Å²) in [6.45, 7) is 1.67. The summed E-state index contributed by atoms with van der Waals surface area (Å²) in [6, 6.07) is -0.708. The van der Waals surface area contributed by atoms with Crippen LogP contribution >= 0.6 is 12.2 Å². The maximum Gasteiger partial charge on any atom is 0.389 e. The standard InChI is InChI=1S/C8H15F3N2O2S2/c1-2-6(7(12)16)13-17(14,15)5-3-4-8(9,10)11/h6,13H,2-5H2,1H3,(H2,12,16). The van der Waals surface area contributed by atoms with Crippen LogP contribution in [-0.2, 0) is 10.0 Å². The Balaban J connectivity index is 4.26. The zero-order chi connectivity index (χ0) is 13.7. The van der Waals surface area contributed by atoms with Crippen molar-refractivity contribution in [1.29, 1.82) is 0 Å². The average Bonchev–Trinajstić information content (AvgIpc) is 2.11. The summed E-state index contributed by atoms with van der Waals surface area (Å²) in [4.78, 5) is -0.0214. The van der Waals surface area contributed by atoms with E-state index in [1.54, 1.807) is 6.92 Å². The van der Waals surface area contributed by atoms with E-state index in [1.807, 2.05) is 0 Å². The van der Waals surface area contributed by atoms with Crippen molar-refractivity contribution in [3.8, 4) is 0 Å². The SMILES string of the molecule is CCC(NS(=O)(=O)CCCC(F)(F)F)C(N)=S. The van der Waals surface area contributed by atoms with Gasteiger partial charge in [-0.15, -0.1) is 0 Å². The third-order valence-corrected chi connectivity index (χ3v) is 3.70. The second kappa shape index (κ2) is 6.50. The van der Waals surface area contributed by atoms with Crippen LogP contribution < -0.4 is 10.5 Å². The predicted octanol–water partition coefficient (Wildman–Crippen LogP) is 1.31. The molecule has 0 amide bonds. The lowest BCUT2D eigenvalue weighted by molar-refractivity contribution is -0.134. The minimum absolute atomic E-state index is 0.0214. The van der Waals surface area contributed by atoms with E-state index in [1.165, 1.54) is 0 Å². The van der Waals surface area contributed by atoms with Gasteiger partial charge in [-0.1, -0.05) is 19.1 Å². The number of hydrogen-bond acceptors (Lipinski definition) is 3. The van der Waals surface area contributed by atoms with Crippen LogP contribution in [0.15, 0.2) is 0 Å². The Morgan fingerprint density at radius 1 is 1.47 bits per heavy atom. The van der Waals surface area contributed by atoms with Gasteiger partial charge in [-0.05, 0) is 12.8 Å². The number of sulfonamides is 1. The van der Waals surface area contributed by atoms with Gasteiger partial charge in [0.25, 0.3) is 0 Å². The molecule has 0 heterocycles. The van der Waals surface area contributed by atoms with Gasteiger partial charge in [-0.2, -0.15) is 13.2 Å². The number of alkyl halides is 3. The van der Waals surface area contributed by atoms with Crippen LogP contribution in [-0.4, -0.2) is 31.4 Å². The van der Waals surface area contributed by atoms with Gasteiger partial charge >= 0.3 is 6.18 Å². The molecule has 0 fully saturated rings. The molecule has 0 aromatic heterocycles. The van der Waals surface area contributed by atoms with E-state index in [2.05, 4.69) is 16.9 Å². The summed E-state index contributed by atoms with van der Waals surface area (Å²) in [5, 5.41) is 0. The predicted molar refractivity (Wildman–Crippen MR) is 63.1 cm³/mol. The molecule has 0 radical (unpaired) electrons. The first kappa shape index (κ1) is 16.6. The Morgan fingerprint density at radius 3 is 2.35 bits per heavy atom. The highest BCUT2D eigenvalue weighted by atomic mass is 32.2. The van der Waals surface area contributed by atoms with Crippen LogP contribution in [0.25, 0.3) is 0 Å². The Labute approximate surface area is 104 Å². The summed E-state index contributed by atoms with van der Waals surface area (Å²) in [6.07, 6.45) is -5.60. The minimum atomic E-state index is -4.34. The third-order valence-electron chi connectivity index (χ3n) is 1.95. The van der Waals surface area contributed by atoms with E-state index >= 15 is 0 Å². The normalized spacial score (nSPS) is 14.6. The molecular formula is C8H15F3N2O2S2. The van der Waals surface area contributed by atoms with Gasteiger partial charge in [0.05, 0.1) is 16.8 Å². The lowest BCUT2D eigenvalue weighted by Gasteiger charge is -2.15. The minimum Gasteiger partial charge on any atom is -0.392 e. The van der Waals surface area contributed by atoms with Gasteiger partial charge in [0, 0.05) is 6.42 Å². The maximum absolute atomic E-state index is 11.8. The van der Waals surface area contributed by atoms with Crippen LogP contribution in [0.3, 0.4) is 0 Å². The first-order valence-electron chi connectivity index (χ1n) is 4.93. The van der Waals surface area contributed by atoms with Crippen LogP contribution in [0, 0.1) is 0 Å². The molecule has 0 aliphatic rings. The molecule has 0 aromatic rings. The first-order chi connectivity index (χ1) is 7.57. The van der Waals surface area contributed by atoms with Crippen LogP contribution in [0.4, 0.5) is 13.2 Å². The summed E-state index contributed by atoms with van der Waals surface area (Å²) in [5.74, 6) is -0.592. The van der Waals surface area contributed by atoms with Crippen molar-refractivity contribution in [3.63, 3.8) is 0 Å². The van der Waals surface area contributed by atoms with Crippen molar-refractivity contribution >= 4 is 27.2 Å². The van der Waals surface area contributed by atoms with Gasteiger partial charge in [0.15, 0.2) is 0 Å². The monoisotopic (exact) mass is 292 g/mol. The van der Waals surface area contributed by atoms with Crippen LogP contribution in [0.1, 0.15) is 26.2 Å². The molecule has 17 heavy (non-hydrogen) atoms. The fourth-order valence-electron chi connectivity index (χ4n) is 1.08. The topological polar surface area (TPSA) is 72.2 Å². The zero-order valence-corrected chi connectivity index (χ0v) is 10.9. The smallest absolute Gasteiger partial charge is 0.389 e. The molecule has 0 saturated carbocycles. The van der Waals surface area contributed by atoms with E-state index in [9.17, 15) is 21.6 Å². The molecule has 3 N–H and O–H groups in total. The van der Waals surface area contributed by atoms with Crippen molar-refractivity contribution in [2.75, 3.05) is 5.75 Å². The van der Waals surface area contributed by atoms with Gasteiger partial charge in [0.1, 0.15) is 0 Å². The number of nitrogens with one attached hydrogen (secondary N) is 1. The van der Waals surface area contributed by atoms with E-state index < -0.39 is 40.8 Å². The van der Waals surface area contributed by atoms with Crippen LogP contribution in [0.2, 0.25) is 0 Å². The van der Waals surface area contributed by atoms with Gasteiger partial charge in [-0.3, -0.25) is 0 Å². The zero-order valence-electron chi connectivity index (χ0n) is 9.25. The van der Waals surface area contributed by atoms with Crippen molar-refractivity contribution < 1.29 is 21.6 Å². The fraction of sp³-hybridized carbons (Fsp3) is 0.875. The Morgan fingerprint density at radius 2 is 2.00 bits per heavy atom. The average molecular weight is 292 g/mol.